The molecule has 0 saturated heterocycles. The standard InChI is InChI=1S/C13H11ClFN3OS/c14-9-3-6(15)1-2-7(9)8-4-11(19)17-5-10-12(8)20-13(16)18-10/h1-3,8H,4-5H2,(H2,16,18)(H,17,19)/t8-/m1/s1. The minimum absolute atomic E-state index is 0.0841. The van der Waals surface area contributed by atoms with Gasteiger partial charge in [-0.1, -0.05) is 17.7 Å². The molecule has 1 aromatic heterocycles. The van der Waals surface area contributed by atoms with Gasteiger partial charge in [0.25, 0.3) is 0 Å². The second-order valence-electron chi connectivity index (χ2n) is 4.56. The maximum Gasteiger partial charge on any atom is 0.221 e. The SMILES string of the molecule is Nc1nc2c(s1)[C@@H](c1ccc(F)cc1Cl)CC(=O)NC2. The van der Waals surface area contributed by atoms with Gasteiger partial charge in [-0.2, -0.15) is 0 Å². The van der Waals surface area contributed by atoms with Crippen LogP contribution in [0.15, 0.2) is 18.2 Å². The van der Waals surface area contributed by atoms with E-state index in [1.165, 1.54) is 23.5 Å². The highest BCUT2D eigenvalue weighted by Crippen LogP contribution is 2.39. The van der Waals surface area contributed by atoms with Crippen molar-refractivity contribution in [3.63, 3.8) is 0 Å². The molecular weight excluding hydrogens is 301 g/mol. The summed E-state index contributed by atoms with van der Waals surface area (Å²) in [6, 6.07) is 4.21. The molecule has 1 atom stereocenters. The van der Waals surface area contributed by atoms with Crippen molar-refractivity contribution >= 4 is 34.0 Å². The van der Waals surface area contributed by atoms with Crippen LogP contribution in [-0.4, -0.2) is 10.9 Å². The summed E-state index contributed by atoms with van der Waals surface area (Å²) < 4.78 is 13.2. The molecule has 2 aromatic rings. The summed E-state index contributed by atoms with van der Waals surface area (Å²) >= 11 is 7.46. The largest absolute Gasteiger partial charge is 0.375 e. The lowest BCUT2D eigenvalue weighted by Crippen LogP contribution is -2.21. The summed E-state index contributed by atoms with van der Waals surface area (Å²) in [5, 5.41) is 3.54. The van der Waals surface area contributed by atoms with Gasteiger partial charge in [0, 0.05) is 22.2 Å². The van der Waals surface area contributed by atoms with Crippen LogP contribution in [0.5, 0.6) is 0 Å². The third-order valence-corrected chi connectivity index (χ3v) is 4.61. The number of rotatable bonds is 1. The van der Waals surface area contributed by atoms with E-state index in [4.69, 9.17) is 17.3 Å². The third kappa shape index (κ3) is 2.36. The Morgan fingerprint density at radius 1 is 1.50 bits per heavy atom. The molecule has 3 N–H and O–H groups in total. The summed E-state index contributed by atoms with van der Waals surface area (Å²) in [5.41, 5.74) is 7.22. The molecule has 2 heterocycles. The monoisotopic (exact) mass is 311 g/mol. The Hall–Kier alpha value is -1.66. The van der Waals surface area contributed by atoms with Gasteiger partial charge < -0.3 is 11.1 Å². The number of amides is 1. The van der Waals surface area contributed by atoms with Gasteiger partial charge in [-0.3, -0.25) is 4.79 Å². The first-order chi connectivity index (χ1) is 9.54. The highest BCUT2D eigenvalue weighted by Gasteiger charge is 2.29. The van der Waals surface area contributed by atoms with Crippen molar-refractivity contribution in [1.29, 1.82) is 0 Å². The molecule has 0 unspecified atom stereocenters. The molecule has 0 fully saturated rings. The van der Waals surface area contributed by atoms with Crippen LogP contribution in [0.3, 0.4) is 0 Å². The molecule has 0 saturated carbocycles. The highest BCUT2D eigenvalue weighted by atomic mass is 35.5. The van der Waals surface area contributed by atoms with Crippen LogP contribution < -0.4 is 11.1 Å². The summed E-state index contributed by atoms with van der Waals surface area (Å²) in [7, 11) is 0. The maximum atomic E-state index is 13.2. The van der Waals surface area contributed by atoms with Crippen LogP contribution in [-0.2, 0) is 11.3 Å². The van der Waals surface area contributed by atoms with Crippen LogP contribution >= 0.6 is 22.9 Å². The highest BCUT2D eigenvalue weighted by molar-refractivity contribution is 7.15. The molecule has 3 rings (SSSR count). The Balaban J connectivity index is 2.12. The van der Waals surface area contributed by atoms with E-state index in [2.05, 4.69) is 10.3 Å². The topological polar surface area (TPSA) is 68.0 Å². The minimum atomic E-state index is -0.402. The van der Waals surface area contributed by atoms with E-state index in [-0.39, 0.29) is 18.2 Å². The fourth-order valence-corrected chi connectivity index (χ4v) is 3.62. The molecule has 20 heavy (non-hydrogen) atoms. The van der Waals surface area contributed by atoms with E-state index in [0.29, 0.717) is 16.7 Å². The fourth-order valence-electron chi connectivity index (χ4n) is 2.35. The molecular formula is C13H11ClFN3OS. The molecule has 0 radical (unpaired) electrons. The normalized spacial score (nSPS) is 18.3. The lowest BCUT2D eigenvalue weighted by atomic mass is 9.93. The van der Waals surface area contributed by atoms with Gasteiger partial charge in [0.15, 0.2) is 5.13 Å². The summed E-state index contributed by atoms with van der Waals surface area (Å²) in [6.07, 6.45) is 0.250. The first-order valence-corrected chi connectivity index (χ1v) is 7.20. The Morgan fingerprint density at radius 3 is 3.05 bits per heavy atom. The molecule has 1 aliphatic heterocycles. The van der Waals surface area contributed by atoms with E-state index < -0.39 is 5.82 Å². The Labute approximate surface area is 123 Å². The van der Waals surface area contributed by atoms with Gasteiger partial charge in [-0.15, -0.1) is 11.3 Å². The molecule has 0 bridgehead atoms. The zero-order valence-electron chi connectivity index (χ0n) is 10.3. The number of anilines is 1. The minimum Gasteiger partial charge on any atom is -0.375 e. The number of benzene rings is 1. The zero-order chi connectivity index (χ0) is 14.3. The number of nitrogens with two attached hydrogens (primary N) is 1. The number of halogens is 2. The number of nitrogen functional groups attached to an aromatic ring is 1. The van der Waals surface area contributed by atoms with Gasteiger partial charge in [-0.05, 0) is 17.7 Å². The number of carbonyl (C=O) groups excluding carboxylic acids is 1. The van der Waals surface area contributed by atoms with E-state index in [1.807, 2.05) is 0 Å². The van der Waals surface area contributed by atoms with Crippen LogP contribution in [0.2, 0.25) is 5.02 Å². The number of hydrogen-bond acceptors (Lipinski definition) is 4. The van der Waals surface area contributed by atoms with E-state index in [0.717, 1.165) is 16.1 Å². The quantitative estimate of drug-likeness (QED) is 0.851. The molecule has 1 aromatic carbocycles. The molecule has 0 aliphatic carbocycles. The van der Waals surface area contributed by atoms with Crippen molar-refractivity contribution < 1.29 is 9.18 Å². The van der Waals surface area contributed by atoms with Gasteiger partial charge in [0.2, 0.25) is 5.91 Å². The third-order valence-electron chi connectivity index (χ3n) is 3.24. The lowest BCUT2D eigenvalue weighted by Gasteiger charge is -2.15. The van der Waals surface area contributed by atoms with Gasteiger partial charge in [0.05, 0.1) is 12.2 Å². The number of hydrogen-bond donors (Lipinski definition) is 2. The van der Waals surface area contributed by atoms with Crippen LogP contribution in [0, 0.1) is 5.82 Å². The van der Waals surface area contributed by atoms with E-state index >= 15 is 0 Å². The summed E-state index contributed by atoms with van der Waals surface area (Å²) in [4.78, 5) is 17.0. The number of nitrogens with zero attached hydrogens (tertiary/aromatic N) is 1. The van der Waals surface area contributed by atoms with Gasteiger partial charge in [-0.25, -0.2) is 9.37 Å². The second kappa shape index (κ2) is 5.03. The number of aromatic nitrogens is 1. The smallest absolute Gasteiger partial charge is 0.221 e. The Bertz CT molecular complexity index is 688. The number of thiazole rings is 1. The van der Waals surface area contributed by atoms with Crippen molar-refractivity contribution in [3.05, 3.63) is 45.2 Å². The van der Waals surface area contributed by atoms with Crippen molar-refractivity contribution in [2.45, 2.75) is 18.9 Å². The predicted molar refractivity (Wildman–Crippen MR) is 76.2 cm³/mol. The van der Waals surface area contributed by atoms with Gasteiger partial charge >= 0.3 is 0 Å². The van der Waals surface area contributed by atoms with Crippen molar-refractivity contribution in [3.8, 4) is 0 Å². The first kappa shape index (κ1) is 13.3. The summed E-state index contributed by atoms with van der Waals surface area (Å²) in [6.45, 7) is 0.358. The van der Waals surface area contributed by atoms with Crippen molar-refractivity contribution in [1.82, 2.24) is 10.3 Å². The second-order valence-corrected chi connectivity index (χ2v) is 6.03. The molecule has 4 nitrogen and oxygen atoms in total. The van der Waals surface area contributed by atoms with E-state index in [1.54, 1.807) is 6.07 Å². The average Bonchev–Trinajstić information content (AvgIpc) is 2.68. The Morgan fingerprint density at radius 2 is 2.30 bits per heavy atom. The van der Waals surface area contributed by atoms with E-state index in [9.17, 15) is 9.18 Å². The molecule has 7 heteroatoms. The first-order valence-electron chi connectivity index (χ1n) is 6.01. The van der Waals surface area contributed by atoms with Crippen LogP contribution in [0.1, 0.15) is 28.5 Å². The zero-order valence-corrected chi connectivity index (χ0v) is 11.9. The molecule has 0 spiro atoms. The summed E-state index contributed by atoms with van der Waals surface area (Å²) in [5.74, 6) is -0.726. The predicted octanol–water partition coefficient (Wildman–Crippen LogP) is 2.67. The molecule has 1 amide bonds. The Kier molecular flexibility index (Phi) is 3.35. The molecule has 1 aliphatic rings. The lowest BCUT2D eigenvalue weighted by molar-refractivity contribution is -0.121. The average molecular weight is 312 g/mol. The number of nitrogens with one attached hydrogen (secondary N) is 1. The van der Waals surface area contributed by atoms with Crippen LogP contribution in [0.25, 0.3) is 0 Å². The number of fused-ring (bicyclic) bond motifs is 1. The van der Waals surface area contributed by atoms with Crippen molar-refractivity contribution in [2.75, 3.05) is 5.73 Å². The number of carbonyl (C=O) groups is 1. The maximum absolute atomic E-state index is 13.2. The van der Waals surface area contributed by atoms with Crippen LogP contribution in [0.4, 0.5) is 9.52 Å². The van der Waals surface area contributed by atoms with Crippen molar-refractivity contribution in [2.24, 2.45) is 0 Å². The van der Waals surface area contributed by atoms with Gasteiger partial charge in [0.1, 0.15) is 5.82 Å². The fraction of sp³-hybridized carbons (Fsp3) is 0.231. The molecule has 104 valence electrons.